The van der Waals surface area contributed by atoms with E-state index in [1.54, 1.807) is 0 Å². The molecule has 150 valence electrons. The van der Waals surface area contributed by atoms with Crippen molar-refractivity contribution in [3.8, 4) is 0 Å². The van der Waals surface area contributed by atoms with E-state index >= 15 is 0 Å². The number of carboxylic acids is 1. The number of carbonyl (C=O) groups excluding carboxylic acids is 3. The van der Waals surface area contributed by atoms with Gasteiger partial charge >= 0.3 is 5.97 Å². The molecule has 13 heteroatoms. The molecule has 27 heavy (non-hydrogen) atoms. The van der Waals surface area contributed by atoms with Gasteiger partial charge in [-0.15, -0.1) is 0 Å². The second kappa shape index (κ2) is 7.98. The highest BCUT2D eigenvalue weighted by Crippen LogP contribution is 2.42. The molecule has 0 aromatic rings. The molecule has 0 aliphatic carbocycles. The minimum Gasteiger partial charge on any atom is -0.481 e. The lowest BCUT2D eigenvalue weighted by Gasteiger charge is -2.54. The van der Waals surface area contributed by atoms with E-state index in [-0.39, 0.29) is 0 Å². The van der Waals surface area contributed by atoms with Crippen molar-refractivity contribution in [2.24, 2.45) is 5.11 Å². The smallest absolute Gasteiger partial charge is 0.306 e. The largest absolute Gasteiger partial charge is 0.481 e. The van der Waals surface area contributed by atoms with Crippen molar-refractivity contribution >= 4 is 23.4 Å². The number of aliphatic hydroxyl groups is 3. The van der Waals surface area contributed by atoms with Crippen molar-refractivity contribution in [3.63, 3.8) is 0 Å². The highest BCUT2D eigenvalue weighted by Gasteiger charge is 2.70. The van der Waals surface area contributed by atoms with E-state index in [9.17, 15) is 34.5 Å². The van der Waals surface area contributed by atoms with E-state index in [4.69, 9.17) is 15.4 Å². The van der Waals surface area contributed by atoms with Crippen molar-refractivity contribution < 1.29 is 44.3 Å². The number of ether oxygens (including phenoxy) is 1. The lowest BCUT2D eigenvalue weighted by atomic mass is 9.66. The summed E-state index contributed by atoms with van der Waals surface area (Å²) < 4.78 is 5.16. The lowest BCUT2D eigenvalue weighted by Crippen LogP contribution is -2.81. The molecule has 0 radical (unpaired) electrons. The Labute approximate surface area is 152 Å². The third-order valence-corrected chi connectivity index (χ3v) is 4.26. The van der Waals surface area contributed by atoms with Gasteiger partial charge in [0.25, 0.3) is 0 Å². The summed E-state index contributed by atoms with van der Waals surface area (Å²) in [7, 11) is 0. The third kappa shape index (κ3) is 3.91. The zero-order valence-electron chi connectivity index (χ0n) is 14.7. The number of amides is 1. The van der Waals surface area contributed by atoms with Crippen LogP contribution in [0.2, 0.25) is 0 Å². The van der Waals surface area contributed by atoms with Crippen LogP contribution in [0, 0.1) is 0 Å². The first-order valence-electron chi connectivity index (χ1n) is 7.69. The second-order valence-electron chi connectivity index (χ2n) is 6.19. The summed E-state index contributed by atoms with van der Waals surface area (Å²) in [6.07, 6.45) is -7.25. The van der Waals surface area contributed by atoms with Crippen LogP contribution in [0.4, 0.5) is 0 Å². The van der Waals surface area contributed by atoms with Crippen LogP contribution in [0.15, 0.2) is 5.11 Å². The van der Waals surface area contributed by atoms with Crippen molar-refractivity contribution in [2.75, 3.05) is 0 Å². The van der Waals surface area contributed by atoms with E-state index in [0.29, 0.717) is 0 Å². The molecule has 6 atom stereocenters. The number of carbonyl (C=O) groups is 4. The Morgan fingerprint density at radius 1 is 1.30 bits per heavy atom. The molecular weight excluding hydrogens is 368 g/mol. The Bertz CT molecular complexity index is 705. The number of aliphatic carboxylic acids is 1. The highest BCUT2D eigenvalue weighted by molar-refractivity contribution is 5.95. The molecule has 0 aromatic carbocycles. The zero-order chi connectivity index (χ0) is 21.2. The molecule has 1 fully saturated rings. The topological polar surface area (TPSA) is 219 Å². The zero-order valence-corrected chi connectivity index (χ0v) is 14.7. The number of hydrogen-bond donors (Lipinski definition) is 5. The Morgan fingerprint density at radius 3 is 2.22 bits per heavy atom. The standard InChI is InChI=1S/C14H20N4O9/c1-5(19)9(24)11-13(25,4-8(22)23)14(26,6(2)20)10(16-7(3)21)12(27-11)17-18-15/h5,10-12,19,25-26H,4H2,1-3H3,(H,16,21)(H,22,23)/t5?,10-,11-,12-,13-,14-/m1/s1. The number of Topliss-reactive ketones (excluding diaryl/α,β-unsaturated/α-hetero) is 2. The third-order valence-electron chi connectivity index (χ3n) is 4.26. The van der Waals surface area contributed by atoms with Crippen LogP contribution in [0.1, 0.15) is 27.2 Å². The molecule has 1 aliphatic rings. The first-order chi connectivity index (χ1) is 12.3. The van der Waals surface area contributed by atoms with E-state index in [0.717, 1.165) is 20.8 Å². The Balaban J connectivity index is 3.78. The molecule has 1 unspecified atom stereocenters. The normalized spacial score (nSPS) is 34.1. The summed E-state index contributed by atoms with van der Waals surface area (Å²) in [5, 5.41) is 46.0. The van der Waals surface area contributed by atoms with Crippen molar-refractivity contribution in [1.82, 2.24) is 5.32 Å². The van der Waals surface area contributed by atoms with Gasteiger partial charge in [0.15, 0.2) is 29.5 Å². The van der Waals surface area contributed by atoms with Gasteiger partial charge in [0.1, 0.15) is 11.7 Å². The predicted octanol–water partition coefficient (Wildman–Crippen LogP) is -2.00. The molecule has 1 rings (SSSR count). The maximum atomic E-state index is 12.3. The molecule has 1 amide bonds. The van der Waals surface area contributed by atoms with Crippen LogP contribution in [-0.2, 0) is 23.9 Å². The number of carboxylic acid groups (broad SMARTS) is 1. The number of rotatable bonds is 7. The second-order valence-corrected chi connectivity index (χ2v) is 6.19. The van der Waals surface area contributed by atoms with E-state index in [2.05, 4.69) is 15.3 Å². The van der Waals surface area contributed by atoms with Gasteiger partial charge in [0.05, 0.1) is 12.5 Å². The molecule has 0 aromatic heterocycles. The van der Waals surface area contributed by atoms with Crippen molar-refractivity contribution in [1.29, 1.82) is 0 Å². The summed E-state index contributed by atoms with van der Waals surface area (Å²) in [6, 6.07) is -1.91. The van der Waals surface area contributed by atoms with Gasteiger partial charge in [-0.1, -0.05) is 5.11 Å². The van der Waals surface area contributed by atoms with E-state index < -0.39 is 65.5 Å². The number of hydrogen-bond acceptors (Lipinski definition) is 9. The van der Waals surface area contributed by atoms with Gasteiger partial charge in [-0.2, -0.15) is 0 Å². The summed E-state index contributed by atoms with van der Waals surface area (Å²) in [4.78, 5) is 49.8. The number of nitrogens with one attached hydrogen (secondary N) is 1. The van der Waals surface area contributed by atoms with Crippen molar-refractivity contribution in [3.05, 3.63) is 10.4 Å². The maximum absolute atomic E-state index is 12.3. The fraction of sp³-hybridized carbons (Fsp3) is 0.714. The SMILES string of the molecule is CC(=O)N[C@@H]1[C@H](N=[N+]=[N-])O[C@H](C(=O)C(C)O)[C@](O)(CC(=O)O)[C@@]1(O)C(C)=O. The average Bonchev–Trinajstić information content (AvgIpc) is 2.52. The van der Waals surface area contributed by atoms with Crippen LogP contribution in [0.25, 0.3) is 10.4 Å². The summed E-state index contributed by atoms with van der Waals surface area (Å²) in [5.74, 6) is -5.04. The first-order valence-corrected chi connectivity index (χ1v) is 7.69. The van der Waals surface area contributed by atoms with Crippen LogP contribution in [0.5, 0.6) is 0 Å². The van der Waals surface area contributed by atoms with Crippen LogP contribution < -0.4 is 5.32 Å². The van der Waals surface area contributed by atoms with Gasteiger partial charge in [-0.05, 0) is 19.4 Å². The van der Waals surface area contributed by atoms with Gasteiger partial charge < -0.3 is 30.5 Å². The fourth-order valence-corrected chi connectivity index (χ4v) is 3.05. The minimum atomic E-state index is -3.09. The molecule has 0 spiro atoms. The molecule has 1 saturated heterocycles. The minimum absolute atomic E-state index is 0.782. The Kier molecular flexibility index (Phi) is 6.64. The van der Waals surface area contributed by atoms with E-state index in [1.807, 2.05) is 0 Å². The highest BCUT2D eigenvalue weighted by atomic mass is 16.5. The Morgan fingerprint density at radius 2 is 1.85 bits per heavy atom. The van der Waals surface area contributed by atoms with Crippen LogP contribution in [-0.4, -0.2) is 79.5 Å². The monoisotopic (exact) mass is 388 g/mol. The fourth-order valence-electron chi connectivity index (χ4n) is 3.05. The maximum Gasteiger partial charge on any atom is 0.306 e. The average molecular weight is 388 g/mol. The quantitative estimate of drug-likeness (QED) is 0.185. The molecule has 1 aliphatic heterocycles. The van der Waals surface area contributed by atoms with Gasteiger partial charge in [-0.3, -0.25) is 19.2 Å². The summed E-state index contributed by atoms with van der Waals surface area (Å²) in [5.41, 5.74) is 2.51. The van der Waals surface area contributed by atoms with Crippen molar-refractivity contribution in [2.45, 2.75) is 62.9 Å². The molecule has 0 bridgehead atoms. The summed E-state index contributed by atoms with van der Waals surface area (Å²) >= 11 is 0. The van der Waals surface area contributed by atoms with Gasteiger partial charge in [0, 0.05) is 11.8 Å². The number of azide groups is 1. The van der Waals surface area contributed by atoms with Crippen LogP contribution >= 0.6 is 0 Å². The van der Waals surface area contributed by atoms with E-state index in [1.165, 1.54) is 0 Å². The number of ketones is 2. The summed E-state index contributed by atoms with van der Waals surface area (Å²) in [6.45, 7) is 2.75. The first kappa shape index (κ1) is 22.5. The molecule has 1 heterocycles. The Hall–Kier alpha value is -2.57. The molecular formula is C14H20N4O9. The number of nitrogens with zero attached hydrogens (tertiary/aromatic N) is 3. The lowest BCUT2D eigenvalue weighted by molar-refractivity contribution is -0.270. The van der Waals surface area contributed by atoms with Gasteiger partial charge in [0.2, 0.25) is 5.91 Å². The molecule has 0 saturated carbocycles. The number of aliphatic hydroxyl groups excluding tert-OH is 1. The van der Waals surface area contributed by atoms with Gasteiger partial charge in [-0.25, -0.2) is 0 Å². The van der Waals surface area contributed by atoms with Crippen LogP contribution in [0.3, 0.4) is 0 Å². The molecule has 13 nitrogen and oxygen atoms in total. The predicted molar refractivity (Wildman–Crippen MR) is 84.9 cm³/mol. The molecule has 5 N–H and O–H groups in total.